The summed E-state index contributed by atoms with van der Waals surface area (Å²) in [5, 5.41) is 11.6. The molecule has 0 N–H and O–H groups in total. The molecule has 0 spiro atoms. The predicted octanol–water partition coefficient (Wildman–Crippen LogP) is 4.60. The van der Waals surface area contributed by atoms with Crippen molar-refractivity contribution in [3.63, 3.8) is 0 Å². The summed E-state index contributed by atoms with van der Waals surface area (Å²) >= 11 is 0. The molecule has 5 nitrogen and oxygen atoms in total. The summed E-state index contributed by atoms with van der Waals surface area (Å²) in [6.45, 7) is 2.81. The molecule has 1 aromatic carbocycles. The second kappa shape index (κ2) is 7.03. The highest BCUT2D eigenvalue weighted by Crippen LogP contribution is 2.36. The van der Waals surface area contributed by atoms with Gasteiger partial charge in [0.05, 0.1) is 0 Å². The van der Waals surface area contributed by atoms with Crippen LogP contribution in [-0.4, -0.2) is 31.9 Å². The quantitative estimate of drug-likeness (QED) is 0.595. The van der Waals surface area contributed by atoms with Crippen LogP contribution in [0.2, 0.25) is 0 Å². The van der Waals surface area contributed by atoms with Crippen LogP contribution in [0.1, 0.15) is 49.6 Å². The highest BCUT2D eigenvalue weighted by molar-refractivity contribution is 5.49. The number of aromatic nitrogens is 4. The van der Waals surface area contributed by atoms with E-state index in [9.17, 15) is 17.6 Å². The maximum atomic E-state index is 13.1. The first-order chi connectivity index (χ1) is 13.4. The van der Waals surface area contributed by atoms with Gasteiger partial charge in [0, 0.05) is 17.6 Å². The number of rotatable bonds is 5. The largest absolute Gasteiger partial charge is 0.349 e. The number of benzene rings is 1. The normalized spacial score (nSPS) is 20.0. The average Bonchev–Trinajstić information content (AvgIpc) is 3.25. The van der Waals surface area contributed by atoms with Gasteiger partial charge in [-0.15, -0.1) is 15.3 Å². The van der Waals surface area contributed by atoms with Crippen molar-refractivity contribution in [2.75, 3.05) is 11.4 Å². The lowest BCUT2D eigenvalue weighted by Crippen LogP contribution is -2.43. The SMILES string of the molecule is CC1(Cc2ccc(C(F)F)cc2)CCCN1c1ccc2nnc(C(F)F)n2n1. The zero-order chi connectivity index (χ0) is 19.9. The van der Waals surface area contributed by atoms with E-state index in [1.54, 1.807) is 24.3 Å². The number of nitrogens with zero attached hydrogens (tertiary/aromatic N) is 5. The lowest BCUT2D eigenvalue weighted by Gasteiger charge is -2.36. The third-order valence-electron chi connectivity index (χ3n) is 5.31. The lowest BCUT2D eigenvalue weighted by molar-refractivity contribution is 0.137. The Labute approximate surface area is 159 Å². The third-order valence-corrected chi connectivity index (χ3v) is 5.31. The fourth-order valence-corrected chi connectivity index (χ4v) is 3.89. The molecule has 1 saturated heterocycles. The summed E-state index contributed by atoms with van der Waals surface area (Å²) < 4.78 is 52.9. The summed E-state index contributed by atoms with van der Waals surface area (Å²) in [5.74, 6) is 0.0822. The molecule has 0 amide bonds. The molecule has 3 aromatic rings. The van der Waals surface area contributed by atoms with Crippen molar-refractivity contribution < 1.29 is 17.6 Å². The van der Waals surface area contributed by atoms with Gasteiger partial charge in [-0.2, -0.15) is 4.52 Å². The fourth-order valence-electron chi connectivity index (χ4n) is 3.89. The van der Waals surface area contributed by atoms with Gasteiger partial charge in [0.25, 0.3) is 12.9 Å². The van der Waals surface area contributed by atoms with Crippen LogP contribution in [-0.2, 0) is 6.42 Å². The summed E-state index contributed by atoms with van der Waals surface area (Å²) in [6.07, 6.45) is -2.81. The summed E-state index contributed by atoms with van der Waals surface area (Å²) in [7, 11) is 0. The van der Waals surface area contributed by atoms with Gasteiger partial charge < -0.3 is 4.90 Å². The van der Waals surface area contributed by atoms with Crippen LogP contribution in [0.5, 0.6) is 0 Å². The summed E-state index contributed by atoms with van der Waals surface area (Å²) in [6, 6.07) is 9.70. The molecule has 1 aliphatic rings. The standard InChI is InChI=1S/C19H19F4N5/c1-19(11-12-3-5-13(6-4-12)16(20)21)9-2-10-27(19)15-8-7-14-24-25-18(17(22)23)28(14)26-15/h3-8,16-17H,2,9-11H2,1H3. The van der Waals surface area contributed by atoms with Crippen LogP contribution in [0.15, 0.2) is 36.4 Å². The van der Waals surface area contributed by atoms with Crippen molar-refractivity contribution >= 4 is 11.5 Å². The molecule has 148 valence electrons. The van der Waals surface area contributed by atoms with Gasteiger partial charge in [-0.25, -0.2) is 17.6 Å². The molecule has 2 aromatic heterocycles. The Morgan fingerprint density at radius 2 is 1.75 bits per heavy atom. The van der Waals surface area contributed by atoms with Crippen molar-refractivity contribution in [2.24, 2.45) is 0 Å². The Kier molecular flexibility index (Phi) is 4.68. The van der Waals surface area contributed by atoms with Crippen LogP contribution >= 0.6 is 0 Å². The van der Waals surface area contributed by atoms with E-state index >= 15 is 0 Å². The number of fused-ring (bicyclic) bond motifs is 1. The van der Waals surface area contributed by atoms with E-state index in [1.807, 2.05) is 0 Å². The van der Waals surface area contributed by atoms with E-state index in [0.29, 0.717) is 12.2 Å². The van der Waals surface area contributed by atoms with Crippen LogP contribution in [0.4, 0.5) is 23.4 Å². The maximum Gasteiger partial charge on any atom is 0.299 e. The second-order valence-corrected chi connectivity index (χ2v) is 7.29. The first-order valence-electron chi connectivity index (χ1n) is 9.02. The van der Waals surface area contributed by atoms with Crippen LogP contribution in [0, 0.1) is 0 Å². The van der Waals surface area contributed by atoms with Crippen LogP contribution in [0.25, 0.3) is 5.65 Å². The van der Waals surface area contributed by atoms with Gasteiger partial charge in [-0.05, 0) is 43.9 Å². The van der Waals surface area contributed by atoms with Gasteiger partial charge in [0.2, 0.25) is 5.82 Å². The minimum absolute atomic E-state index is 0.00330. The highest BCUT2D eigenvalue weighted by atomic mass is 19.3. The van der Waals surface area contributed by atoms with Gasteiger partial charge in [0.1, 0.15) is 5.82 Å². The Morgan fingerprint density at radius 3 is 2.43 bits per heavy atom. The molecule has 0 bridgehead atoms. The van der Waals surface area contributed by atoms with E-state index in [1.165, 1.54) is 12.1 Å². The monoisotopic (exact) mass is 393 g/mol. The number of alkyl halides is 4. The summed E-state index contributed by atoms with van der Waals surface area (Å²) in [5.41, 5.74) is 0.905. The van der Waals surface area contributed by atoms with Crippen molar-refractivity contribution in [2.45, 2.75) is 44.6 Å². The molecule has 9 heteroatoms. The van der Waals surface area contributed by atoms with E-state index in [-0.39, 0.29) is 16.7 Å². The fraction of sp³-hybridized carbons (Fsp3) is 0.421. The second-order valence-electron chi connectivity index (χ2n) is 7.29. The van der Waals surface area contributed by atoms with Crippen LogP contribution in [0.3, 0.4) is 0 Å². The lowest BCUT2D eigenvalue weighted by atomic mass is 9.90. The van der Waals surface area contributed by atoms with Gasteiger partial charge in [-0.3, -0.25) is 0 Å². The molecule has 3 heterocycles. The highest BCUT2D eigenvalue weighted by Gasteiger charge is 2.38. The molecule has 0 radical (unpaired) electrons. The first kappa shape index (κ1) is 18.6. The van der Waals surface area contributed by atoms with Gasteiger partial charge in [-0.1, -0.05) is 24.3 Å². The number of anilines is 1. The van der Waals surface area contributed by atoms with E-state index in [0.717, 1.165) is 29.5 Å². The zero-order valence-corrected chi connectivity index (χ0v) is 15.2. The maximum absolute atomic E-state index is 13.1. The van der Waals surface area contributed by atoms with Crippen molar-refractivity contribution in [3.05, 3.63) is 53.3 Å². The topological polar surface area (TPSA) is 46.3 Å². The smallest absolute Gasteiger partial charge is 0.299 e. The number of hydrogen-bond acceptors (Lipinski definition) is 4. The molecule has 4 rings (SSSR count). The van der Waals surface area contributed by atoms with Crippen LogP contribution < -0.4 is 4.90 Å². The third kappa shape index (κ3) is 3.29. The van der Waals surface area contributed by atoms with Crippen molar-refractivity contribution in [3.8, 4) is 0 Å². The van der Waals surface area contributed by atoms with Crippen molar-refractivity contribution in [1.82, 2.24) is 19.8 Å². The summed E-state index contributed by atoms with van der Waals surface area (Å²) in [4.78, 5) is 2.09. The Bertz CT molecular complexity index is 972. The molecule has 1 aliphatic heterocycles. The molecular formula is C19H19F4N5. The molecule has 0 saturated carbocycles. The number of halogens is 4. The van der Waals surface area contributed by atoms with E-state index in [2.05, 4.69) is 27.1 Å². The minimum atomic E-state index is -2.77. The average molecular weight is 393 g/mol. The van der Waals surface area contributed by atoms with E-state index < -0.39 is 18.7 Å². The Morgan fingerprint density at radius 1 is 1.00 bits per heavy atom. The molecule has 1 unspecified atom stereocenters. The predicted molar refractivity (Wildman–Crippen MR) is 95.8 cm³/mol. The molecule has 1 atom stereocenters. The Balaban J connectivity index is 1.63. The Hall–Kier alpha value is -2.71. The van der Waals surface area contributed by atoms with Gasteiger partial charge >= 0.3 is 0 Å². The van der Waals surface area contributed by atoms with Gasteiger partial charge in [0.15, 0.2) is 5.65 Å². The zero-order valence-electron chi connectivity index (χ0n) is 15.2. The van der Waals surface area contributed by atoms with Crippen molar-refractivity contribution in [1.29, 1.82) is 0 Å². The molecule has 0 aliphatic carbocycles. The molecule has 28 heavy (non-hydrogen) atoms. The number of hydrogen-bond donors (Lipinski definition) is 0. The minimum Gasteiger partial charge on any atom is -0.349 e. The first-order valence-corrected chi connectivity index (χ1v) is 9.02. The molecule has 1 fully saturated rings. The molecular weight excluding hydrogens is 374 g/mol. The van der Waals surface area contributed by atoms with E-state index in [4.69, 9.17) is 0 Å².